The van der Waals surface area contributed by atoms with E-state index in [1.807, 2.05) is 19.9 Å². The molecule has 1 N–H and O–H groups in total. The van der Waals surface area contributed by atoms with Gasteiger partial charge >= 0.3 is 11.9 Å². The van der Waals surface area contributed by atoms with E-state index in [0.717, 1.165) is 11.1 Å². The molecule has 2 aliphatic rings. The monoisotopic (exact) mass is 306 g/mol. The molecular weight excluding hydrogens is 284 g/mol. The number of aliphatic hydroxyl groups excluding tert-OH is 1. The molecule has 1 aliphatic heterocycles. The van der Waals surface area contributed by atoms with Crippen LogP contribution in [0.2, 0.25) is 0 Å². The minimum atomic E-state index is -0.605. The first-order chi connectivity index (χ1) is 10.3. The van der Waals surface area contributed by atoms with Gasteiger partial charge in [0.05, 0.1) is 12.0 Å². The number of fused-ring (bicyclic) bond motifs is 1. The molecule has 5 heteroatoms. The smallest absolute Gasteiger partial charge is 0.334 e. The van der Waals surface area contributed by atoms with Crippen molar-refractivity contribution in [3.05, 3.63) is 35.5 Å². The first-order valence-corrected chi connectivity index (χ1v) is 7.37. The number of aliphatic hydroxyl groups is 1. The van der Waals surface area contributed by atoms with Crippen molar-refractivity contribution >= 4 is 11.9 Å². The number of carbonyl (C=O) groups is 2. The van der Waals surface area contributed by atoms with Crippen LogP contribution >= 0.6 is 0 Å². The Morgan fingerprint density at radius 3 is 2.59 bits per heavy atom. The number of hydrogen-bond acceptors (Lipinski definition) is 5. The van der Waals surface area contributed by atoms with E-state index in [2.05, 4.69) is 6.58 Å². The van der Waals surface area contributed by atoms with Crippen LogP contribution in [0, 0.1) is 5.92 Å². The van der Waals surface area contributed by atoms with Crippen molar-refractivity contribution in [2.24, 2.45) is 5.92 Å². The molecule has 120 valence electrons. The van der Waals surface area contributed by atoms with Crippen LogP contribution in [0.25, 0.3) is 0 Å². The van der Waals surface area contributed by atoms with E-state index in [4.69, 9.17) is 9.47 Å². The molecule has 4 unspecified atom stereocenters. The van der Waals surface area contributed by atoms with E-state index in [1.165, 1.54) is 6.92 Å². The van der Waals surface area contributed by atoms with Crippen LogP contribution in [-0.2, 0) is 19.1 Å². The molecule has 1 saturated heterocycles. The molecule has 0 saturated carbocycles. The molecule has 22 heavy (non-hydrogen) atoms. The van der Waals surface area contributed by atoms with Gasteiger partial charge in [-0.3, -0.25) is 4.79 Å². The molecule has 1 heterocycles. The lowest BCUT2D eigenvalue weighted by molar-refractivity contribution is -0.149. The van der Waals surface area contributed by atoms with E-state index < -0.39 is 36.2 Å². The Morgan fingerprint density at radius 2 is 1.95 bits per heavy atom. The lowest BCUT2D eigenvalue weighted by Gasteiger charge is -2.27. The van der Waals surface area contributed by atoms with Gasteiger partial charge in [-0.2, -0.15) is 0 Å². The average molecular weight is 306 g/mol. The summed E-state index contributed by atoms with van der Waals surface area (Å²) in [5.41, 5.74) is 2.14. The number of esters is 2. The minimum absolute atomic E-state index is 0.328. The maximum Gasteiger partial charge on any atom is 0.334 e. The second kappa shape index (κ2) is 6.48. The highest BCUT2D eigenvalue weighted by Gasteiger charge is 2.44. The van der Waals surface area contributed by atoms with Gasteiger partial charge in [-0.25, -0.2) is 4.79 Å². The Kier molecular flexibility index (Phi) is 4.86. The van der Waals surface area contributed by atoms with Crippen molar-refractivity contribution in [3.63, 3.8) is 0 Å². The van der Waals surface area contributed by atoms with Gasteiger partial charge in [-0.1, -0.05) is 23.8 Å². The zero-order valence-corrected chi connectivity index (χ0v) is 13.2. The van der Waals surface area contributed by atoms with Crippen LogP contribution in [0.4, 0.5) is 0 Å². The summed E-state index contributed by atoms with van der Waals surface area (Å²) in [4.78, 5) is 23.3. The van der Waals surface area contributed by atoms with Gasteiger partial charge in [0.25, 0.3) is 0 Å². The van der Waals surface area contributed by atoms with Crippen LogP contribution in [0.3, 0.4) is 0 Å². The van der Waals surface area contributed by atoms with E-state index >= 15 is 0 Å². The number of rotatable bonds is 1. The molecule has 0 aromatic heterocycles. The summed E-state index contributed by atoms with van der Waals surface area (Å²) >= 11 is 0. The van der Waals surface area contributed by atoms with E-state index in [-0.39, 0.29) is 0 Å². The third-order valence-electron chi connectivity index (χ3n) is 3.96. The highest BCUT2D eigenvalue weighted by molar-refractivity contribution is 5.91. The van der Waals surface area contributed by atoms with Crippen LogP contribution < -0.4 is 0 Å². The van der Waals surface area contributed by atoms with Crippen LogP contribution in [0.15, 0.2) is 35.5 Å². The van der Waals surface area contributed by atoms with Gasteiger partial charge in [0, 0.05) is 18.9 Å². The summed E-state index contributed by atoms with van der Waals surface area (Å²) in [5.74, 6) is -1.27. The highest BCUT2D eigenvalue weighted by Crippen LogP contribution is 2.36. The molecule has 0 bridgehead atoms. The zero-order chi connectivity index (χ0) is 16.4. The van der Waals surface area contributed by atoms with Crippen LogP contribution in [0.5, 0.6) is 0 Å². The second-order valence-electron chi connectivity index (χ2n) is 6.07. The molecular formula is C17H22O5. The molecule has 1 fully saturated rings. The standard InChI is InChI=1S/C17H22O5/c1-9-5-13(19)6-10(2)8-15-16(11(3)17(20)22-15)14(7-9)21-12(4)18/h5,8,13-16,19H,3,6-7H2,1-2,4H3. The van der Waals surface area contributed by atoms with E-state index in [0.29, 0.717) is 18.4 Å². The van der Waals surface area contributed by atoms with Crippen LogP contribution in [0.1, 0.15) is 33.6 Å². The fraction of sp³-hybridized carbons (Fsp3) is 0.529. The zero-order valence-electron chi connectivity index (χ0n) is 13.2. The summed E-state index contributed by atoms with van der Waals surface area (Å²) in [6.45, 7) is 8.89. The van der Waals surface area contributed by atoms with Crippen molar-refractivity contribution in [1.29, 1.82) is 0 Å². The summed E-state index contributed by atoms with van der Waals surface area (Å²) < 4.78 is 10.8. The summed E-state index contributed by atoms with van der Waals surface area (Å²) in [6.07, 6.45) is 2.83. The maximum absolute atomic E-state index is 11.9. The molecule has 0 radical (unpaired) electrons. The van der Waals surface area contributed by atoms with E-state index in [1.54, 1.807) is 6.08 Å². The van der Waals surface area contributed by atoms with Crippen LogP contribution in [-0.4, -0.2) is 35.4 Å². The molecule has 2 rings (SSSR count). The average Bonchev–Trinajstić information content (AvgIpc) is 2.61. The summed E-state index contributed by atoms with van der Waals surface area (Å²) in [6, 6.07) is 0. The summed E-state index contributed by atoms with van der Waals surface area (Å²) in [7, 11) is 0. The largest absolute Gasteiger partial charge is 0.461 e. The van der Waals surface area contributed by atoms with Gasteiger partial charge in [0.2, 0.25) is 0 Å². The van der Waals surface area contributed by atoms with Gasteiger partial charge in [0.15, 0.2) is 0 Å². The fourth-order valence-corrected chi connectivity index (χ4v) is 3.09. The maximum atomic E-state index is 11.9. The molecule has 0 amide bonds. The van der Waals surface area contributed by atoms with E-state index in [9.17, 15) is 14.7 Å². The SMILES string of the molecule is C=C1C(=O)OC2C=C(C)CC(O)C=C(C)CC(OC(C)=O)C12. The van der Waals surface area contributed by atoms with Gasteiger partial charge in [-0.15, -0.1) is 0 Å². The molecule has 1 aliphatic carbocycles. The molecule has 4 atom stereocenters. The normalized spacial score (nSPS) is 32.5. The third kappa shape index (κ3) is 3.65. The quantitative estimate of drug-likeness (QED) is 0.456. The number of carbonyl (C=O) groups excluding carboxylic acids is 2. The van der Waals surface area contributed by atoms with Crippen molar-refractivity contribution in [3.8, 4) is 0 Å². The molecule has 0 aromatic carbocycles. The minimum Gasteiger partial charge on any atom is -0.461 e. The lowest BCUT2D eigenvalue weighted by Crippen LogP contribution is -2.33. The fourth-order valence-electron chi connectivity index (χ4n) is 3.09. The highest BCUT2D eigenvalue weighted by atomic mass is 16.6. The van der Waals surface area contributed by atoms with Crippen molar-refractivity contribution in [1.82, 2.24) is 0 Å². The molecule has 5 nitrogen and oxygen atoms in total. The Balaban J connectivity index is 2.42. The summed E-state index contributed by atoms with van der Waals surface area (Å²) in [5, 5.41) is 10.0. The first kappa shape index (κ1) is 16.5. The van der Waals surface area contributed by atoms with Crippen molar-refractivity contribution in [2.45, 2.75) is 51.9 Å². The Bertz CT molecular complexity index is 557. The Hall–Kier alpha value is -1.88. The first-order valence-electron chi connectivity index (χ1n) is 7.37. The predicted molar refractivity (Wildman–Crippen MR) is 80.8 cm³/mol. The number of hydrogen-bond donors (Lipinski definition) is 1. The van der Waals surface area contributed by atoms with Gasteiger partial charge in [-0.05, 0) is 26.3 Å². The Labute approximate surface area is 130 Å². The second-order valence-corrected chi connectivity index (χ2v) is 6.07. The van der Waals surface area contributed by atoms with Crippen molar-refractivity contribution < 1.29 is 24.2 Å². The Morgan fingerprint density at radius 1 is 1.32 bits per heavy atom. The molecule has 0 spiro atoms. The third-order valence-corrected chi connectivity index (χ3v) is 3.96. The predicted octanol–water partition coefficient (Wildman–Crippen LogP) is 2.06. The lowest BCUT2D eigenvalue weighted by atomic mass is 9.85. The topological polar surface area (TPSA) is 72.8 Å². The van der Waals surface area contributed by atoms with Crippen molar-refractivity contribution in [2.75, 3.05) is 0 Å². The van der Waals surface area contributed by atoms with Gasteiger partial charge < -0.3 is 14.6 Å². The molecule has 0 aromatic rings. The number of ether oxygens (including phenoxy) is 2. The van der Waals surface area contributed by atoms with Gasteiger partial charge in [0.1, 0.15) is 12.2 Å².